The number of rotatable bonds is 8. The van der Waals surface area contributed by atoms with Gasteiger partial charge in [-0.05, 0) is 54.4 Å². The van der Waals surface area contributed by atoms with Gasteiger partial charge in [-0.2, -0.15) is 0 Å². The lowest BCUT2D eigenvalue weighted by Crippen LogP contribution is -2.29. The summed E-state index contributed by atoms with van der Waals surface area (Å²) in [4.78, 5) is 30.2. The molecule has 1 unspecified atom stereocenters. The van der Waals surface area contributed by atoms with Crippen molar-refractivity contribution in [2.75, 3.05) is 37.6 Å². The number of nitrogens with zero attached hydrogens (tertiary/aromatic N) is 2. The lowest BCUT2D eigenvalue weighted by atomic mass is 9.94. The summed E-state index contributed by atoms with van der Waals surface area (Å²) in [7, 11) is 5.32. The van der Waals surface area contributed by atoms with Crippen LogP contribution in [0.3, 0.4) is 0 Å². The first-order valence-corrected chi connectivity index (χ1v) is 12.3. The number of methoxy groups -OCH3 is 1. The lowest BCUT2D eigenvalue weighted by molar-refractivity contribution is -0.132. The Bertz CT molecular complexity index is 1350. The minimum Gasteiger partial charge on any atom is -0.507 e. The number of anilines is 2. The molecule has 1 saturated heterocycles. The van der Waals surface area contributed by atoms with E-state index in [0.717, 1.165) is 12.1 Å². The van der Waals surface area contributed by atoms with Crippen molar-refractivity contribution in [3.63, 3.8) is 0 Å². The molecule has 7 nitrogen and oxygen atoms in total. The topological polar surface area (TPSA) is 79.3 Å². The molecule has 0 spiro atoms. The van der Waals surface area contributed by atoms with Crippen molar-refractivity contribution in [1.29, 1.82) is 0 Å². The maximum atomic E-state index is 13.4. The van der Waals surface area contributed by atoms with Crippen LogP contribution >= 0.6 is 11.6 Å². The van der Waals surface area contributed by atoms with E-state index in [0.29, 0.717) is 39.9 Å². The third kappa shape index (κ3) is 5.13. The van der Waals surface area contributed by atoms with Gasteiger partial charge in [-0.3, -0.25) is 14.5 Å². The van der Waals surface area contributed by atoms with E-state index in [1.165, 1.54) is 18.1 Å². The van der Waals surface area contributed by atoms with E-state index in [4.69, 9.17) is 21.1 Å². The second kappa shape index (κ2) is 11.0. The van der Waals surface area contributed by atoms with Gasteiger partial charge in [0, 0.05) is 37.1 Å². The summed E-state index contributed by atoms with van der Waals surface area (Å²) in [6, 6.07) is 18.4. The number of Topliss-reactive ketones (excluding diaryl/α,β-unsaturated/α-hetero) is 1. The maximum Gasteiger partial charge on any atom is 0.300 e. The molecule has 1 N–H and O–H groups in total. The van der Waals surface area contributed by atoms with E-state index in [1.54, 1.807) is 36.4 Å². The van der Waals surface area contributed by atoms with Crippen molar-refractivity contribution in [3.8, 4) is 11.5 Å². The molecular formula is C29H29ClN2O5. The second-order valence-electron chi connectivity index (χ2n) is 8.85. The van der Waals surface area contributed by atoms with Crippen LogP contribution in [-0.4, -0.2) is 44.6 Å². The van der Waals surface area contributed by atoms with Crippen molar-refractivity contribution in [1.82, 2.24) is 0 Å². The fourth-order valence-electron chi connectivity index (χ4n) is 4.27. The third-order valence-electron chi connectivity index (χ3n) is 6.16. The molecule has 3 aromatic rings. The molecule has 1 amide bonds. The summed E-state index contributed by atoms with van der Waals surface area (Å²) in [6.07, 6.45) is 0.831. The summed E-state index contributed by atoms with van der Waals surface area (Å²) in [5.74, 6) is -0.904. The van der Waals surface area contributed by atoms with Gasteiger partial charge in [0.15, 0.2) is 0 Å². The minimum absolute atomic E-state index is 0.0214. The summed E-state index contributed by atoms with van der Waals surface area (Å²) < 4.78 is 11.0. The second-order valence-corrected chi connectivity index (χ2v) is 9.26. The van der Waals surface area contributed by atoms with E-state index in [1.807, 2.05) is 50.2 Å². The first-order valence-electron chi connectivity index (χ1n) is 11.9. The van der Waals surface area contributed by atoms with Crippen LogP contribution in [0.4, 0.5) is 11.4 Å². The Morgan fingerprint density at radius 1 is 1.05 bits per heavy atom. The third-order valence-corrected chi connectivity index (χ3v) is 6.48. The summed E-state index contributed by atoms with van der Waals surface area (Å²) in [5.41, 5.74) is 2.41. The average Bonchev–Trinajstić information content (AvgIpc) is 3.17. The lowest BCUT2D eigenvalue weighted by Gasteiger charge is -2.26. The fraction of sp³-hybridized carbons (Fsp3) is 0.241. The van der Waals surface area contributed by atoms with Crippen LogP contribution < -0.4 is 19.3 Å². The highest BCUT2D eigenvalue weighted by Crippen LogP contribution is 2.43. The van der Waals surface area contributed by atoms with Gasteiger partial charge in [0.05, 0.1) is 30.4 Å². The van der Waals surface area contributed by atoms with E-state index < -0.39 is 17.7 Å². The number of carbonyl (C=O) groups is 2. The molecule has 1 aliphatic rings. The van der Waals surface area contributed by atoms with Crippen molar-refractivity contribution in [2.24, 2.45) is 0 Å². The van der Waals surface area contributed by atoms with Gasteiger partial charge in [0.1, 0.15) is 17.3 Å². The molecule has 0 aliphatic carbocycles. The Kier molecular flexibility index (Phi) is 7.74. The number of ether oxygens (including phenoxy) is 2. The monoisotopic (exact) mass is 520 g/mol. The number of amides is 1. The van der Waals surface area contributed by atoms with E-state index >= 15 is 0 Å². The normalized spacial score (nSPS) is 16.7. The molecule has 37 heavy (non-hydrogen) atoms. The highest BCUT2D eigenvalue weighted by molar-refractivity contribution is 6.51. The van der Waals surface area contributed by atoms with Crippen LogP contribution in [0.25, 0.3) is 5.76 Å². The predicted molar refractivity (Wildman–Crippen MR) is 146 cm³/mol. The first kappa shape index (κ1) is 26.1. The molecule has 0 aromatic heterocycles. The number of carbonyl (C=O) groups excluding carboxylic acids is 2. The van der Waals surface area contributed by atoms with Crippen molar-refractivity contribution in [2.45, 2.75) is 19.4 Å². The zero-order chi connectivity index (χ0) is 26.7. The molecule has 1 heterocycles. The Morgan fingerprint density at radius 2 is 1.78 bits per heavy atom. The zero-order valence-electron chi connectivity index (χ0n) is 21.2. The Balaban J connectivity index is 1.90. The smallest absolute Gasteiger partial charge is 0.300 e. The zero-order valence-corrected chi connectivity index (χ0v) is 22.0. The van der Waals surface area contributed by atoms with Crippen molar-refractivity contribution >= 4 is 40.4 Å². The molecule has 8 heteroatoms. The van der Waals surface area contributed by atoms with Crippen LogP contribution in [0, 0.1) is 0 Å². The molecule has 3 aromatic carbocycles. The minimum atomic E-state index is -0.862. The molecule has 1 fully saturated rings. The SMILES string of the molecule is CCCOc1cccc(N2C(=O)C(=O)/C(=C(/O)c3ccc(Cl)c(OC)c3)C2c2ccc(N(C)C)cc2)c1. The Morgan fingerprint density at radius 3 is 2.43 bits per heavy atom. The van der Waals surface area contributed by atoms with Crippen molar-refractivity contribution in [3.05, 3.63) is 88.5 Å². The molecule has 4 rings (SSSR count). The highest BCUT2D eigenvalue weighted by Gasteiger charge is 2.47. The van der Waals surface area contributed by atoms with Gasteiger partial charge in [-0.1, -0.05) is 36.7 Å². The molecule has 1 aliphatic heterocycles. The van der Waals surface area contributed by atoms with Crippen LogP contribution in [-0.2, 0) is 9.59 Å². The van der Waals surface area contributed by atoms with Gasteiger partial charge in [0.2, 0.25) is 0 Å². The van der Waals surface area contributed by atoms with E-state index in [2.05, 4.69) is 0 Å². The number of aliphatic hydroxyl groups is 1. The first-order chi connectivity index (χ1) is 17.8. The molecule has 1 atom stereocenters. The van der Waals surface area contributed by atoms with Crippen LogP contribution in [0.5, 0.6) is 11.5 Å². The van der Waals surface area contributed by atoms with E-state index in [-0.39, 0.29) is 11.3 Å². The molecule has 0 radical (unpaired) electrons. The highest BCUT2D eigenvalue weighted by atomic mass is 35.5. The summed E-state index contributed by atoms with van der Waals surface area (Å²) >= 11 is 6.16. The fourth-order valence-corrected chi connectivity index (χ4v) is 4.47. The number of ketones is 1. The van der Waals surface area contributed by atoms with Gasteiger partial charge < -0.3 is 19.5 Å². The molecule has 0 bridgehead atoms. The van der Waals surface area contributed by atoms with Gasteiger partial charge >= 0.3 is 0 Å². The van der Waals surface area contributed by atoms with Gasteiger partial charge in [-0.15, -0.1) is 0 Å². The number of halogens is 1. The number of hydrogen-bond acceptors (Lipinski definition) is 6. The van der Waals surface area contributed by atoms with Gasteiger partial charge in [0.25, 0.3) is 11.7 Å². The molecule has 0 saturated carbocycles. The largest absolute Gasteiger partial charge is 0.507 e. The van der Waals surface area contributed by atoms with Crippen LogP contribution in [0.15, 0.2) is 72.3 Å². The van der Waals surface area contributed by atoms with Gasteiger partial charge in [-0.25, -0.2) is 0 Å². The van der Waals surface area contributed by atoms with Crippen LogP contribution in [0.2, 0.25) is 5.02 Å². The van der Waals surface area contributed by atoms with Crippen LogP contribution in [0.1, 0.15) is 30.5 Å². The number of hydrogen-bond donors (Lipinski definition) is 1. The van der Waals surface area contributed by atoms with E-state index in [9.17, 15) is 14.7 Å². The maximum absolute atomic E-state index is 13.4. The Hall–Kier alpha value is -3.97. The summed E-state index contributed by atoms with van der Waals surface area (Å²) in [6.45, 7) is 2.53. The number of aliphatic hydroxyl groups excluding tert-OH is 1. The van der Waals surface area contributed by atoms with Crippen molar-refractivity contribution < 1.29 is 24.2 Å². The quantitative estimate of drug-likeness (QED) is 0.229. The number of benzene rings is 3. The average molecular weight is 521 g/mol. The Labute approximate surface area is 221 Å². The summed E-state index contributed by atoms with van der Waals surface area (Å²) in [5, 5.41) is 11.7. The molecular weight excluding hydrogens is 492 g/mol. The molecule has 192 valence electrons. The standard InChI is InChI=1S/C29H29ClN2O5/c1-5-15-37-22-8-6-7-21(17-22)32-26(18-9-12-20(13-10-18)31(2)3)25(28(34)29(32)35)27(33)19-11-14-23(30)24(16-19)36-4/h6-14,16-17,26,33H,5,15H2,1-4H3/b27-25+. The predicted octanol–water partition coefficient (Wildman–Crippen LogP) is 5.83.